The number of likely N-dealkylation sites (N-methyl/N-ethyl adjacent to an activating group) is 1. The van der Waals surface area contributed by atoms with E-state index in [1.165, 1.54) is 25.2 Å². The summed E-state index contributed by atoms with van der Waals surface area (Å²) in [5.74, 6) is -1.66. The van der Waals surface area contributed by atoms with Gasteiger partial charge in [-0.05, 0) is 18.6 Å². The molecule has 18 heavy (non-hydrogen) atoms. The number of para-hydroxylation sites is 1. The molecular formula is C12H15FN2O3. The number of hydrogen-bond donors (Lipinski definition) is 2. The fourth-order valence-corrected chi connectivity index (χ4v) is 1.52. The number of aliphatic carboxylic acids is 1. The number of anilines is 1. The normalized spacial score (nSPS) is 11.7. The lowest BCUT2D eigenvalue weighted by Gasteiger charge is -2.24. The van der Waals surface area contributed by atoms with E-state index in [9.17, 15) is 14.0 Å². The summed E-state index contributed by atoms with van der Waals surface area (Å²) in [6.07, 6.45) is 0.274. The van der Waals surface area contributed by atoms with E-state index in [1.54, 1.807) is 13.0 Å². The fraction of sp³-hybridized carbons (Fsp3) is 0.333. The number of halogens is 1. The van der Waals surface area contributed by atoms with Crippen molar-refractivity contribution in [1.29, 1.82) is 0 Å². The molecule has 0 aliphatic heterocycles. The maximum Gasteiger partial charge on any atom is 0.326 e. The van der Waals surface area contributed by atoms with Gasteiger partial charge in [-0.1, -0.05) is 19.1 Å². The Labute approximate surface area is 104 Å². The lowest BCUT2D eigenvalue weighted by molar-refractivity contribution is -0.141. The van der Waals surface area contributed by atoms with Crippen LogP contribution in [0, 0.1) is 5.82 Å². The second kappa shape index (κ2) is 6.00. The van der Waals surface area contributed by atoms with Crippen LogP contribution in [0.2, 0.25) is 0 Å². The summed E-state index contributed by atoms with van der Waals surface area (Å²) in [6, 6.07) is 4.10. The van der Waals surface area contributed by atoms with Crippen LogP contribution in [0.1, 0.15) is 13.3 Å². The summed E-state index contributed by atoms with van der Waals surface area (Å²) in [4.78, 5) is 23.7. The molecule has 2 N–H and O–H groups in total. The average Bonchev–Trinajstić information content (AvgIpc) is 2.32. The minimum atomic E-state index is -1.09. The Bertz CT molecular complexity index is 451. The van der Waals surface area contributed by atoms with Crippen molar-refractivity contribution in [3.8, 4) is 0 Å². The van der Waals surface area contributed by atoms with Gasteiger partial charge in [0, 0.05) is 7.05 Å². The second-order valence-corrected chi connectivity index (χ2v) is 3.78. The lowest BCUT2D eigenvalue weighted by atomic mass is 10.2. The van der Waals surface area contributed by atoms with Crippen LogP contribution in [-0.2, 0) is 4.79 Å². The SMILES string of the molecule is CCC(C(=O)O)N(C)C(=O)Nc1ccccc1F. The summed E-state index contributed by atoms with van der Waals surface area (Å²) in [6.45, 7) is 1.66. The number of rotatable bonds is 4. The molecule has 0 heterocycles. The monoisotopic (exact) mass is 254 g/mol. The number of carbonyl (C=O) groups is 2. The Balaban J connectivity index is 2.77. The fourth-order valence-electron chi connectivity index (χ4n) is 1.52. The number of carboxylic acid groups (broad SMARTS) is 1. The van der Waals surface area contributed by atoms with Crippen molar-refractivity contribution in [2.24, 2.45) is 0 Å². The Morgan fingerprint density at radius 3 is 2.56 bits per heavy atom. The minimum absolute atomic E-state index is 0.0228. The van der Waals surface area contributed by atoms with Gasteiger partial charge in [0.2, 0.25) is 0 Å². The second-order valence-electron chi connectivity index (χ2n) is 3.78. The molecule has 0 fully saturated rings. The average molecular weight is 254 g/mol. The largest absolute Gasteiger partial charge is 0.480 e. The van der Waals surface area contributed by atoms with E-state index in [4.69, 9.17) is 5.11 Å². The number of carbonyl (C=O) groups excluding carboxylic acids is 1. The maximum atomic E-state index is 13.3. The predicted molar refractivity (Wildman–Crippen MR) is 64.9 cm³/mol. The molecule has 0 saturated carbocycles. The third-order valence-electron chi connectivity index (χ3n) is 2.58. The first kappa shape index (κ1) is 14.0. The Morgan fingerprint density at radius 1 is 1.44 bits per heavy atom. The molecule has 0 aliphatic carbocycles. The van der Waals surface area contributed by atoms with Gasteiger partial charge in [-0.15, -0.1) is 0 Å². The van der Waals surface area contributed by atoms with E-state index < -0.39 is 23.9 Å². The molecule has 5 nitrogen and oxygen atoms in total. The number of carboxylic acids is 1. The number of nitrogens with one attached hydrogen (secondary N) is 1. The van der Waals surface area contributed by atoms with Gasteiger partial charge in [-0.2, -0.15) is 0 Å². The van der Waals surface area contributed by atoms with Crippen LogP contribution >= 0.6 is 0 Å². The van der Waals surface area contributed by atoms with Crippen molar-refractivity contribution in [1.82, 2.24) is 4.90 Å². The molecule has 2 amide bonds. The number of hydrogen-bond acceptors (Lipinski definition) is 2. The molecule has 1 aromatic carbocycles. The van der Waals surface area contributed by atoms with Crippen LogP contribution in [0.25, 0.3) is 0 Å². The predicted octanol–water partition coefficient (Wildman–Crippen LogP) is 2.15. The highest BCUT2D eigenvalue weighted by Crippen LogP contribution is 2.14. The van der Waals surface area contributed by atoms with Gasteiger partial charge in [0.25, 0.3) is 0 Å². The molecule has 1 aromatic rings. The van der Waals surface area contributed by atoms with Crippen LogP contribution in [0.5, 0.6) is 0 Å². The van der Waals surface area contributed by atoms with Crippen molar-refractivity contribution in [3.05, 3.63) is 30.1 Å². The Morgan fingerprint density at radius 2 is 2.06 bits per heavy atom. The van der Waals surface area contributed by atoms with E-state index in [0.717, 1.165) is 4.90 Å². The third-order valence-corrected chi connectivity index (χ3v) is 2.58. The molecule has 0 bridgehead atoms. The molecule has 1 atom stereocenters. The quantitative estimate of drug-likeness (QED) is 0.865. The number of nitrogens with zero attached hydrogens (tertiary/aromatic N) is 1. The van der Waals surface area contributed by atoms with Crippen molar-refractivity contribution in [2.45, 2.75) is 19.4 Å². The number of urea groups is 1. The molecular weight excluding hydrogens is 239 g/mol. The molecule has 6 heteroatoms. The standard InChI is InChI=1S/C12H15FN2O3/c1-3-10(11(16)17)15(2)12(18)14-9-7-5-4-6-8(9)13/h4-7,10H,3H2,1-2H3,(H,14,18)(H,16,17). The molecule has 0 aliphatic rings. The highest BCUT2D eigenvalue weighted by atomic mass is 19.1. The van der Waals surface area contributed by atoms with Gasteiger partial charge in [-0.25, -0.2) is 14.0 Å². The summed E-state index contributed by atoms with van der Waals surface area (Å²) >= 11 is 0. The zero-order valence-electron chi connectivity index (χ0n) is 10.2. The van der Waals surface area contributed by atoms with Crippen molar-refractivity contribution < 1.29 is 19.1 Å². The van der Waals surface area contributed by atoms with E-state index in [-0.39, 0.29) is 12.1 Å². The molecule has 0 aromatic heterocycles. The van der Waals surface area contributed by atoms with Gasteiger partial charge < -0.3 is 15.3 Å². The molecule has 0 spiro atoms. The van der Waals surface area contributed by atoms with E-state index in [0.29, 0.717) is 0 Å². The highest BCUT2D eigenvalue weighted by Gasteiger charge is 2.24. The van der Waals surface area contributed by atoms with Gasteiger partial charge in [-0.3, -0.25) is 0 Å². The highest BCUT2D eigenvalue weighted by molar-refractivity contribution is 5.92. The molecule has 1 unspecified atom stereocenters. The van der Waals surface area contributed by atoms with E-state index in [2.05, 4.69) is 5.32 Å². The zero-order valence-corrected chi connectivity index (χ0v) is 10.2. The van der Waals surface area contributed by atoms with E-state index in [1.807, 2.05) is 0 Å². The van der Waals surface area contributed by atoms with Gasteiger partial charge in [0.05, 0.1) is 5.69 Å². The minimum Gasteiger partial charge on any atom is -0.480 e. The van der Waals surface area contributed by atoms with Crippen molar-refractivity contribution in [2.75, 3.05) is 12.4 Å². The first-order valence-electron chi connectivity index (χ1n) is 5.48. The van der Waals surface area contributed by atoms with Gasteiger partial charge in [0.15, 0.2) is 0 Å². The molecule has 0 radical (unpaired) electrons. The van der Waals surface area contributed by atoms with Crippen LogP contribution < -0.4 is 5.32 Å². The first-order valence-corrected chi connectivity index (χ1v) is 5.48. The van der Waals surface area contributed by atoms with Crippen LogP contribution in [0.15, 0.2) is 24.3 Å². The summed E-state index contributed by atoms with van der Waals surface area (Å²) in [5.41, 5.74) is 0.0228. The first-order chi connectivity index (χ1) is 8.47. The van der Waals surface area contributed by atoms with E-state index >= 15 is 0 Å². The van der Waals surface area contributed by atoms with Crippen LogP contribution in [0.4, 0.5) is 14.9 Å². The summed E-state index contributed by atoms with van der Waals surface area (Å²) in [5, 5.41) is 11.2. The summed E-state index contributed by atoms with van der Waals surface area (Å²) in [7, 11) is 1.36. The molecule has 1 rings (SSSR count). The molecule has 0 saturated heterocycles. The Kier molecular flexibility index (Phi) is 4.65. The van der Waals surface area contributed by atoms with Gasteiger partial charge in [0.1, 0.15) is 11.9 Å². The topological polar surface area (TPSA) is 69.6 Å². The number of benzene rings is 1. The lowest BCUT2D eigenvalue weighted by Crippen LogP contribution is -2.44. The zero-order chi connectivity index (χ0) is 13.7. The van der Waals surface area contributed by atoms with Gasteiger partial charge >= 0.3 is 12.0 Å². The van der Waals surface area contributed by atoms with Crippen molar-refractivity contribution in [3.63, 3.8) is 0 Å². The van der Waals surface area contributed by atoms with Crippen LogP contribution in [-0.4, -0.2) is 35.1 Å². The summed E-state index contributed by atoms with van der Waals surface area (Å²) < 4.78 is 13.3. The van der Waals surface area contributed by atoms with Crippen molar-refractivity contribution >= 4 is 17.7 Å². The third kappa shape index (κ3) is 3.19. The Hall–Kier alpha value is -2.11. The molecule has 98 valence electrons. The van der Waals surface area contributed by atoms with Crippen LogP contribution in [0.3, 0.4) is 0 Å². The maximum absolute atomic E-state index is 13.3. The smallest absolute Gasteiger partial charge is 0.326 e. The number of amides is 2.